The van der Waals surface area contributed by atoms with E-state index < -0.39 is 6.61 Å². The molecule has 1 rings (SSSR count). The van der Waals surface area contributed by atoms with Crippen molar-refractivity contribution < 1.29 is 13.5 Å². The molecular formula is C15H22ClF2NO. The maximum atomic E-state index is 12.2. The molecule has 0 spiro atoms. The molecule has 2 atom stereocenters. The zero-order chi connectivity index (χ0) is 15.1. The maximum Gasteiger partial charge on any atom is 0.387 e. The lowest BCUT2D eigenvalue weighted by atomic mass is 9.97. The van der Waals surface area contributed by atoms with Gasteiger partial charge in [0, 0.05) is 11.7 Å². The van der Waals surface area contributed by atoms with Crippen molar-refractivity contribution in [1.29, 1.82) is 0 Å². The minimum atomic E-state index is -2.86. The Hall–Kier alpha value is -1.03. The van der Waals surface area contributed by atoms with Crippen LogP contribution in [0.1, 0.15) is 40.0 Å². The van der Waals surface area contributed by atoms with Gasteiger partial charge in [-0.1, -0.05) is 38.8 Å². The first kappa shape index (κ1) is 17.0. The van der Waals surface area contributed by atoms with Crippen molar-refractivity contribution in [2.24, 2.45) is 5.92 Å². The monoisotopic (exact) mass is 305 g/mol. The number of hydrogen-bond acceptors (Lipinski definition) is 2. The third-order valence-electron chi connectivity index (χ3n) is 3.40. The smallest absolute Gasteiger partial charge is 0.387 e. The Kier molecular flexibility index (Phi) is 7.06. The molecule has 2 nitrogen and oxygen atoms in total. The van der Waals surface area contributed by atoms with Crippen LogP contribution in [0.2, 0.25) is 5.02 Å². The molecule has 0 saturated carbocycles. The second-order valence-corrected chi connectivity index (χ2v) is 5.43. The van der Waals surface area contributed by atoms with E-state index in [-0.39, 0.29) is 10.8 Å². The van der Waals surface area contributed by atoms with Crippen molar-refractivity contribution in [2.75, 3.05) is 5.32 Å². The largest absolute Gasteiger partial charge is 0.433 e. The van der Waals surface area contributed by atoms with Gasteiger partial charge in [-0.25, -0.2) is 0 Å². The summed E-state index contributed by atoms with van der Waals surface area (Å²) < 4.78 is 28.6. The fourth-order valence-electron chi connectivity index (χ4n) is 2.00. The van der Waals surface area contributed by atoms with Gasteiger partial charge in [-0.05, 0) is 37.0 Å². The molecule has 0 bridgehead atoms. The fourth-order valence-corrected chi connectivity index (χ4v) is 2.22. The summed E-state index contributed by atoms with van der Waals surface area (Å²) in [5.74, 6) is 0.645. The standard InChI is InChI=1S/C15H22ClF2NO/c1-4-10(3)8-11(5-2)19-12-6-7-14(13(16)9-12)20-15(17)18/h6-7,9-11,15,19H,4-5,8H2,1-3H3. The van der Waals surface area contributed by atoms with Gasteiger partial charge in [0.25, 0.3) is 0 Å². The summed E-state index contributed by atoms with van der Waals surface area (Å²) in [6, 6.07) is 5.15. The molecule has 0 fully saturated rings. The molecular weight excluding hydrogens is 284 g/mol. The third kappa shape index (κ3) is 5.53. The lowest BCUT2D eigenvalue weighted by molar-refractivity contribution is -0.0497. The van der Waals surface area contributed by atoms with Crippen LogP contribution >= 0.6 is 11.6 Å². The van der Waals surface area contributed by atoms with E-state index in [4.69, 9.17) is 11.6 Å². The van der Waals surface area contributed by atoms with Crippen LogP contribution in [-0.4, -0.2) is 12.7 Å². The SMILES string of the molecule is CCC(C)CC(CC)Nc1ccc(OC(F)F)c(Cl)c1. The maximum absolute atomic E-state index is 12.2. The quantitative estimate of drug-likeness (QED) is 0.678. The van der Waals surface area contributed by atoms with Crippen molar-refractivity contribution in [3.63, 3.8) is 0 Å². The molecule has 0 aromatic heterocycles. The second-order valence-electron chi connectivity index (χ2n) is 5.02. The highest BCUT2D eigenvalue weighted by molar-refractivity contribution is 6.32. The predicted molar refractivity (Wildman–Crippen MR) is 79.9 cm³/mol. The number of halogens is 3. The number of hydrogen-bond donors (Lipinski definition) is 1. The van der Waals surface area contributed by atoms with Gasteiger partial charge >= 0.3 is 6.61 Å². The molecule has 20 heavy (non-hydrogen) atoms. The normalized spacial score (nSPS) is 14.2. The Labute approximate surface area is 124 Å². The van der Waals surface area contributed by atoms with Crippen molar-refractivity contribution >= 4 is 17.3 Å². The molecule has 114 valence electrons. The molecule has 0 aliphatic rings. The van der Waals surface area contributed by atoms with Gasteiger partial charge < -0.3 is 10.1 Å². The number of rotatable bonds is 8. The van der Waals surface area contributed by atoms with Crippen LogP contribution in [0.5, 0.6) is 5.75 Å². The predicted octanol–water partition coefficient (Wildman–Crippen LogP) is 5.57. The second kappa shape index (κ2) is 8.30. The highest BCUT2D eigenvalue weighted by atomic mass is 35.5. The van der Waals surface area contributed by atoms with E-state index in [1.54, 1.807) is 12.1 Å². The van der Waals surface area contributed by atoms with Gasteiger partial charge in [-0.2, -0.15) is 8.78 Å². The number of nitrogens with one attached hydrogen (secondary N) is 1. The molecule has 0 aliphatic carbocycles. The third-order valence-corrected chi connectivity index (χ3v) is 3.69. The van der Waals surface area contributed by atoms with Gasteiger partial charge in [0.2, 0.25) is 0 Å². The highest BCUT2D eigenvalue weighted by Gasteiger charge is 2.13. The van der Waals surface area contributed by atoms with Crippen LogP contribution in [0.25, 0.3) is 0 Å². The van der Waals surface area contributed by atoms with Gasteiger partial charge in [0.1, 0.15) is 5.75 Å². The first-order chi connectivity index (χ1) is 9.46. The summed E-state index contributed by atoms with van der Waals surface area (Å²) in [6.45, 7) is 3.65. The Morgan fingerprint density at radius 2 is 1.95 bits per heavy atom. The molecule has 1 N–H and O–H groups in total. The molecule has 1 aromatic carbocycles. The van der Waals surface area contributed by atoms with Crippen molar-refractivity contribution in [3.8, 4) is 5.75 Å². The van der Waals surface area contributed by atoms with Crippen LogP contribution in [-0.2, 0) is 0 Å². The van der Waals surface area contributed by atoms with Crippen LogP contribution in [0, 0.1) is 5.92 Å². The van der Waals surface area contributed by atoms with E-state index in [0.29, 0.717) is 12.0 Å². The molecule has 0 radical (unpaired) electrons. The average molecular weight is 306 g/mol. The van der Waals surface area contributed by atoms with Gasteiger partial charge in [0.15, 0.2) is 0 Å². The van der Waals surface area contributed by atoms with Crippen LogP contribution in [0.3, 0.4) is 0 Å². The van der Waals surface area contributed by atoms with E-state index in [1.165, 1.54) is 6.07 Å². The number of alkyl halides is 2. The molecule has 1 aromatic rings. The van der Waals surface area contributed by atoms with E-state index in [0.717, 1.165) is 24.9 Å². The summed E-state index contributed by atoms with van der Waals surface area (Å²) in [5, 5.41) is 3.58. The number of ether oxygens (including phenoxy) is 1. The zero-order valence-electron chi connectivity index (χ0n) is 12.1. The first-order valence-electron chi connectivity index (χ1n) is 6.97. The lowest BCUT2D eigenvalue weighted by Gasteiger charge is -2.22. The summed E-state index contributed by atoms with van der Waals surface area (Å²) in [6.07, 6.45) is 3.21. The summed E-state index contributed by atoms with van der Waals surface area (Å²) in [7, 11) is 0. The van der Waals surface area contributed by atoms with Gasteiger partial charge in [-0.15, -0.1) is 0 Å². The molecule has 2 unspecified atom stereocenters. The molecule has 5 heteroatoms. The molecule has 0 heterocycles. The Morgan fingerprint density at radius 1 is 1.25 bits per heavy atom. The lowest BCUT2D eigenvalue weighted by Crippen LogP contribution is -2.21. The number of benzene rings is 1. The van der Waals surface area contributed by atoms with E-state index >= 15 is 0 Å². The highest BCUT2D eigenvalue weighted by Crippen LogP contribution is 2.29. The fraction of sp³-hybridized carbons (Fsp3) is 0.600. The van der Waals surface area contributed by atoms with Crippen LogP contribution in [0.4, 0.5) is 14.5 Å². The van der Waals surface area contributed by atoms with Crippen molar-refractivity contribution in [1.82, 2.24) is 0 Å². The van der Waals surface area contributed by atoms with E-state index in [9.17, 15) is 8.78 Å². The van der Waals surface area contributed by atoms with Crippen LogP contribution < -0.4 is 10.1 Å². The summed E-state index contributed by atoms with van der Waals surface area (Å²) in [5.41, 5.74) is 0.826. The first-order valence-corrected chi connectivity index (χ1v) is 7.34. The minimum absolute atomic E-state index is 0.00203. The van der Waals surface area contributed by atoms with Crippen molar-refractivity contribution in [3.05, 3.63) is 23.2 Å². The van der Waals surface area contributed by atoms with E-state index in [1.807, 2.05) is 0 Å². The average Bonchev–Trinajstić information content (AvgIpc) is 2.40. The topological polar surface area (TPSA) is 21.3 Å². The zero-order valence-corrected chi connectivity index (χ0v) is 12.9. The molecule has 0 aliphatic heterocycles. The van der Waals surface area contributed by atoms with Gasteiger partial charge in [-0.3, -0.25) is 0 Å². The molecule has 0 amide bonds. The van der Waals surface area contributed by atoms with Crippen LogP contribution in [0.15, 0.2) is 18.2 Å². The Bertz CT molecular complexity index is 415. The molecule has 0 saturated heterocycles. The van der Waals surface area contributed by atoms with E-state index in [2.05, 4.69) is 30.8 Å². The number of anilines is 1. The Balaban J connectivity index is 2.69. The van der Waals surface area contributed by atoms with Crippen molar-refractivity contribution in [2.45, 2.75) is 52.7 Å². The summed E-state index contributed by atoms with van der Waals surface area (Å²) >= 11 is 5.93. The minimum Gasteiger partial charge on any atom is -0.433 e. The van der Waals surface area contributed by atoms with Gasteiger partial charge in [0.05, 0.1) is 5.02 Å². The summed E-state index contributed by atoms with van der Waals surface area (Å²) in [4.78, 5) is 0. The Morgan fingerprint density at radius 3 is 2.45 bits per heavy atom.